The van der Waals surface area contributed by atoms with E-state index in [1.54, 1.807) is 50.2 Å². The summed E-state index contributed by atoms with van der Waals surface area (Å²) >= 11 is 0. The molecule has 5 nitrogen and oxygen atoms in total. The molecule has 1 aliphatic heterocycles. The molecule has 27 heavy (non-hydrogen) atoms. The van der Waals surface area contributed by atoms with Crippen molar-refractivity contribution in [2.75, 3.05) is 0 Å². The summed E-state index contributed by atoms with van der Waals surface area (Å²) in [6.07, 6.45) is 1.31. The first-order valence-corrected chi connectivity index (χ1v) is 10.1. The number of aryl methyl sites for hydroxylation is 2. The molecule has 0 aliphatic carbocycles. The molecule has 0 radical (unpaired) electrons. The summed E-state index contributed by atoms with van der Waals surface area (Å²) in [6.45, 7) is 8.96. The van der Waals surface area contributed by atoms with E-state index in [1.165, 1.54) is 18.2 Å². The van der Waals surface area contributed by atoms with Crippen molar-refractivity contribution in [3.8, 4) is 0 Å². The van der Waals surface area contributed by atoms with E-state index in [1.807, 2.05) is 6.92 Å². The third kappa shape index (κ3) is 2.89. The minimum absolute atomic E-state index is 0.00330. The van der Waals surface area contributed by atoms with E-state index < -0.39 is 27.1 Å². The van der Waals surface area contributed by atoms with Gasteiger partial charge in [0, 0.05) is 6.42 Å². The molecule has 2 aromatic rings. The molecule has 2 atom stereocenters. The van der Waals surface area contributed by atoms with Crippen molar-refractivity contribution in [2.45, 2.75) is 43.2 Å². The molecule has 2 aromatic carbocycles. The van der Waals surface area contributed by atoms with Gasteiger partial charge in [0.2, 0.25) is 0 Å². The lowest BCUT2D eigenvalue weighted by atomic mass is 9.84. The topological polar surface area (TPSA) is 74.7 Å². The normalized spacial score (nSPS) is 25.6. The molecule has 0 bridgehead atoms. The average molecular weight is 385 g/mol. The lowest BCUT2D eigenvalue weighted by Gasteiger charge is -2.30. The van der Waals surface area contributed by atoms with Crippen LogP contribution in [0.2, 0.25) is 0 Å². The van der Waals surface area contributed by atoms with Gasteiger partial charge in [0.05, 0.1) is 10.4 Å². The van der Waals surface area contributed by atoms with Gasteiger partial charge in [0.25, 0.3) is 15.9 Å². The molecule has 1 N–H and O–H groups in total. The van der Waals surface area contributed by atoms with Gasteiger partial charge in [-0.3, -0.25) is 4.79 Å². The van der Waals surface area contributed by atoms with Crippen molar-refractivity contribution >= 4 is 15.9 Å². The van der Waals surface area contributed by atoms with Crippen LogP contribution >= 0.6 is 0 Å². The van der Waals surface area contributed by atoms with E-state index in [4.69, 9.17) is 0 Å². The maximum absolute atomic E-state index is 13.3. The number of carbonyl (C=O) groups excluding carboxylic acids is 1. The lowest BCUT2D eigenvalue weighted by Crippen LogP contribution is -2.47. The summed E-state index contributed by atoms with van der Waals surface area (Å²) in [4.78, 5) is 13.3. The van der Waals surface area contributed by atoms with Gasteiger partial charge >= 0.3 is 0 Å². The predicted molar refractivity (Wildman–Crippen MR) is 104 cm³/mol. The fourth-order valence-corrected chi connectivity index (χ4v) is 5.42. The Morgan fingerprint density at radius 1 is 1.11 bits per heavy atom. The average Bonchev–Trinajstić information content (AvgIpc) is 2.83. The lowest BCUT2D eigenvalue weighted by molar-refractivity contribution is -0.140. The third-order valence-electron chi connectivity index (χ3n) is 5.21. The molecular weight excluding hydrogens is 362 g/mol. The van der Waals surface area contributed by atoms with Gasteiger partial charge < -0.3 is 5.11 Å². The summed E-state index contributed by atoms with van der Waals surface area (Å²) in [6, 6.07) is 13.2. The Hall–Kier alpha value is -2.44. The van der Waals surface area contributed by atoms with Crippen molar-refractivity contribution in [1.82, 2.24) is 4.31 Å². The summed E-state index contributed by atoms with van der Waals surface area (Å²) in [7, 11) is -4.16. The molecule has 6 heteroatoms. The van der Waals surface area contributed by atoms with Gasteiger partial charge in [0.15, 0.2) is 5.60 Å². The van der Waals surface area contributed by atoms with Crippen LogP contribution in [0, 0.1) is 13.8 Å². The van der Waals surface area contributed by atoms with E-state index in [2.05, 4.69) is 6.58 Å². The molecule has 1 heterocycles. The van der Waals surface area contributed by atoms with Crippen LogP contribution in [0.3, 0.4) is 0 Å². The Morgan fingerprint density at radius 3 is 2.26 bits per heavy atom. The maximum Gasteiger partial charge on any atom is 0.273 e. The summed E-state index contributed by atoms with van der Waals surface area (Å²) in [5, 5.41) is 11.3. The fourth-order valence-electron chi connectivity index (χ4n) is 3.67. The highest BCUT2D eigenvalue weighted by Crippen LogP contribution is 2.47. The van der Waals surface area contributed by atoms with Crippen LogP contribution < -0.4 is 0 Å². The molecule has 0 spiro atoms. The number of hydrogen-bond acceptors (Lipinski definition) is 4. The molecule has 0 unspecified atom stereocenters. The third-order valence-corrected chi connectivity index (χ3v) is 7.14. The van der Waals surface area contributed by atoms with E-state index in [9.17, 15) is 18.3 Å². The zero-order valence-corrected chi connectivity index (χ0v) is 16.5. The molecule has 3 rings (SSSR count). The molecule has 0 saturated carbocycles. The minimum Gasteiger partial charge on any atom is -0.375 e. The number of hydrogen-bond donors (Lipinski definition) is 1. The first-order valence-electron chi connectivity index (χ1n) is 8.65. The Morgan fingerprint density at radius 2 is 1.70 bits per heavy atom. The van der Waals surface area contributed by atoms with Crippen molar-refractivity contribution in [1.29, 1.82) is 0 Å². The summed E-state index contributed by atoms with van der Waals surface area (Å²) < 4.78 is 27.3. The van der Waals surface area contributed by atoms with Crippen LogP contribution in [0.25, 0.3) is 0 Å². The van der Waals surface area contributed by atoms with Gasteiger partial charge in [-0.25, -0.2) is 12.7 Å². The number of rotatable bonds is 4. The quantitative estimate of drug-likeness (QED) is 0.821. The number of carbonyl (C=O) groups is 1. The largest absolute Gasteiger partial charge is 0.375 e. The Labute approximate surface area is 160 Å². The van der Waals surface area contributed by atoms with Crippen molar-refractivity contribution in [3.63, 3.8) is 0 Å². The van der Waals surface area contributed by atoms with Crippen LogP contribution in [0.4, 0.5) is 0 Å². The second-order valence-electron chi connectivity index (χ2n) is 7.30. The highest BCUT2D eigenvalue weighted by atomic mass is 32.2. The van der Waals surface area contributed by atoms with Gasteiger partial charge in [-0.05, 0) is 44.0 Å². The zero-order chi connectivity index (χ0) is 20.0. The molecule has 1 saturated heterocycles. The number of aliphatic hydroxyl groups is 1. The predicted octanol–water partition coefficient (Wildman–Crippen LogP) is 3.06. The Balaban J connectivity index is 2.18. The summed E-state index contributed by atoms with van der Waals surface area (Å²) in [5.74, 6) is -0.861. The smallest absolute Gasteiger partial charge is 0.273 e. The second-order valence-corrected chi connectivity index (χ2v) is 9.09. The zero-order valence-electron chi connectivity index (χ0n) is 15.6. The van der Waals surface area contributed by atoms with E-state index >= 15 is 0 Å². The molecular formula is C21H23NO4S. The van der Waals surface area contributed by atoms with Crippen LogP contribution in [0.5, 0.6) is 0 Å². The maximum atomic E-state index is 13.3. The monoisotopic (exact) mass is 385 g/mol. The van der Waals surface area contributed by atoms with E-state index in [-0.39, 0.29) is 11.3 Å². The van der Waals surface area contributed by atoms with Gasteiger partial charge in [-0.15, -0.1) is 6.58 Å². The van der Waals surface area contributed by atoms with Gasteiger partial charge in [-0.2, -0.15) is 0 Å². The number of sulfonamides is 1. The number of benzene rings is 2. The fraction of sp³-hybridized carbons (Fsp3) is 0.286. The SMILES string of the molecule is C=C[C@@]1(C)C[C@](O)(c2ccccc2C)C(=O)N1S(=O)(=O)c1ccc(C)cc1. The Bertz CT molecular complexity index is 1010. The first-order chi connectivity index (χ1) is 12.6. The standard InChI is InChI=1S/C21H23NO4S/c1-5-20(4)14-21(24,18-9-7-6-8-16(18)3)19(23)22(20)27(25,26)17-12-10-15(2)11-13-17/h5-13,24H,1,14H2,2-4H3/t20-,21-/m0/s1. The Kier molecular flexibility index (Phi) is 4.52. The second kappa shape index (κ2) is 6.32. The van der Waals surface area contributed by atoms with Crippen LogP contribution in [0.15, 0.2) is 66.1 Å². The van der Waals surface area contributed by atoms with Crippen molar-refractivity contribution in [3.05, 3.63) is 77.9 Å². The van der Waals surface area contributed by atoms with Crippen LogP contribution in [0.1, 0.15) is 30.0 Å². The number of amides is 1. The van der Waals surface area contributed by atoms with E-state index in [0.29, 0.717) is 11.1 Å². The van der Waals surface area contributed by atoms with E-state index in [0.717, 1.165) is 9.87 Å². The number of nitrogens with zero attached hydrogens (tertiary/aromatic N) is 1. The molecule has 0 aromatic heterocycles. The highest BCUT2D eigenvalue weighted by molar-refractivity contribution is 7.89. The molecule has 1 amide bonds. The van der Waals surface area contributed by atoms with Gasteiger partial charge in [0.1, 0.15) is 0 Å². The minimum atomic E-state index is -4.16. The highest BCUT2D eigenvalue weighted by Gasteiger charge is 2.61. The van der Waals surface area contributed by atoms with Crippen LogP contribution in [-0.4, -0.2) is 29.3 Å². The summed E-state index contributed by atoms with van der Waals surface area (Å²) in [5.41, 5.74) is -1.16. The molecule has 1 fully saturated rings. The van der Waals surface area contributed by atoms with Crippen LogP contribution in [-0.2, 0) is 20.4 Å². The first kappa shape index (κ1) is 19.3. The van der Waals surface area contributed by atoms with Crippen molar-refractivity contribution in [2.24, 2.45) is 0 Å². The molecule has 1 aliphatic rings. The van der Waals surface area contributed by atoms with Gasteiger partial charge in [-0.1, -0.05) is 48.0 Å². The van der Waals surface area contributed by atoms with Crippen molar-refractivity contribution < 1.29 is 18.3 Å². The molecule has 142 valence electrons.